The number of aromatic nitrogens is 2. The fourth-order valence-electron chi connectivity index (χ4n) is 3.36. The van der Waals surface area contributed by atoms with Crippen molar-refractivity contribution >= 4 is 45.0 Å². The van der Waals surface area contributed by atoms with E-state index in [2.05, 4.69) is 11.6 Å². The fourth-order valence-corrected chi connectivity index (χ4v) is 4.21. The van der Waals surface area contributed by atoms with Crippen molar-refractivity contribution in [2.24, 2.45) is 7.05 Å². The molecule has 4 rings (SSSR count). The van der Waals surface area contributed by atoms with Crippen LogP contribution in [0.3, 0.4) is 0 Å². The van der Waals surface area contributed by atoms with Crippen molar-refractivity contribution in [3.63, 3.8) is 0 Å². The van der Waals surface area contributed by atoms with Gasteiger partial charge in [0, 0.05) is 19.3 Å². The molecule has 0 aliphatic rings. The summed E-state index contributed by atoms with van der Waals surface area (Å²) < 4.78 is 1.51. The first kappa shape index (κ1) is 19.9. The Morgan fingerprint density at radius 1 is 1.10 bits per heavy atom. The fraction of sp³-hybridized carbons (Fsp3) is 0.125. The molecule has 150 valence electrons. The van der Waals surface area contributed by atoms with Gasteiger partial charge in [-0.05, 0) is 35.0 Å². The molecule has 0 fully saturated rings. The Hall–Kier alpha value is -3.38. The van der Waals surface area contributed by atoms with Gasteiger partial charge in [-0.1, -0.05) is 60.3 Å². The van der Waals surface area contributed by atoms with Crippen LogP contribution in [0.25, 0.3) is 21.7 Å². The number of thioether (sulfide) groups is 1. The minimum Gasteiger partial charge on any atom is -0.308 e. The van der Waals surface area contributed by atoms with Crippen molar-refractivity contribution in [3.05, 3.63) is 89.7 Å². The highest BCUT2D eigenvalue weighted by Crippen LogP contribution is 2.23. The molecule has 0 spiro atoms. The molecule has 0 saturated carbocycles. The number of anilines is 1. The Labute approximate surface area is 178 Å². The summed E-state index contributed by atoms with van der Waals surface area (Å²) in [4.78, 5) is 32.1. The van der Waals surface area contributed by atoms with Crippen molar-refractivity contribution in [3.8, 4) is 0 Å². The van der Waals surface area contributed by atoms with Crippen LogP contribution in [0.5, 0.6) is 0 Å². The van der Waals surface area contributed by atoms with Gasteiger partial charge >= 0.3 is 0 Å². The van der Waals surface area contributed by atoms with E-state index in [0.29, 0.717) is 22.6 Å². The molecule has 6 heteroatoms. The number of carbonyl (C=O) groups is 1. The summed E-state index contributed by atoms with van der Waals surface area (Å²) in [5.74, 6) is 0.0983. The Morgan fingerprint density at radius 3 is 2.47 bits per heavy atom. The van der Waals surface area contributed by atoms with Crippen LogP contribution in [0.1, 0.15) is 0 Å². The number of nitrogens with zero attached hydrogens (tertiary/aromatic N) is 3. The Bertz CT molecular complexity index is 1300. The zero-order valence-corrected chi connectivity index (χ0v) is 17.4. The van der Waals surface area contributed by atoms with Crippen molar-refractivity contribution in [1.29, 1.82) is 0 Å². The smallest absolute Gasteiger partial charge is 0.261 e. The minimum atomic E-state index is -0.119. The van der Waals surface area contributed by atoms with Gasteiger partial charge in [0.2, 0.25) is 5.91 Å². The molecular formula is C24H21N3O2S. The van der Waals surface area contributed by atoms with E-state index >= 15 is 0 Å². The van der Waals surface area contributed by atoms with Gasteiger partial charge in [0.15, 0.2) is 5.16 Å². The Kier molecular flexibility index (Phi) is 5.68. The lowest BCUT2D eigenvalue weighted by atomic mass is 10.1. The third kappa shape index (κ3) is 3.86. The van der Waals surface area contributed by atoms with E-state index < -0.39 is 0 Å². The van der Waals surface area contributed by atoms with Gasteiger partial charge < -0.3 is 4.90 Å². The SMILES string of the molecule is C=CCN(C(=O)CSc1nc2cc3ccccc3cc2c(=O)n1C)c1ccccc1. The van der Waals surface area contributed by atoms with Crippen LogP contribution in [-0.4, -0.2) is 27.8 Å². The highest BCUT2D eigenvalue weighted by Gasteiger charge is 2.17. The van der Waals surface area contributed by atoms with Gasteiger partial charge in [0.25, 0.3) is 5.56 Å². The third-order valence-electron chi connectivity index (χ3n) is 4.91. The summed E-state index contributed by atoms with van der Waals surface area (Å²) in [6, 6.07) is 21.2. The molecular weight excluding hydrogens is 394 g/mol. The summed E-state index contributed by atoms with van der Waals surface area (Å²) in [5.41, 5.74) is 1.33. The van der Waals surface area contributed by atoms with E-state index in [0.717, 1.165) is 16.5 Å². The van der Waals surface area contributed by atoms with Crippen LogP contribution in [0.15, 0.2) is 89.3 Å². The van der Waals surface area contributed by atoms with Crippen molar-refractivity contribution in [2.45, 2.75) is 5.16 Å². The molecule has 4 aromatic rings. The Morgan fingerprint density at radius 2 is 1.77 bits per heavy atom. The summed E-state index contributed by atoms with van der Waals surface area (Å²) in [5, 5.41) is 3.12. The molecule has 0 saturated heterocycles. The van der Waals surface area contributed by atoms with Gasteiger partial charge in [0.05, 0.1) is 16.7 Å². The van der Waals surface area contributed by atoms with Crippen LogP contribution in [0.4, 0.5) is 5.69 Å². The molecule has 1 aromatic heterocycles. The molecule has 0 atom stereocenters. The van der Waals surface area contributed by atoms with Gasteiger partial charge in [-0.2, -0.15) is 0 Å². The van der Waals surface area contributed by atoms with Gasteiger partial charge in [-0.25, -0.2) is 4.98 Å². The lowest BCUT2D eigenvalue weighted by Gasteiger charge is -2.21. The van der Waals surface area contributed by atoms with E-state index in [9.17, 15) is 9.59 Å². The average Bonchev–Trinajstić information content (AvgIpc) is 2.78. The highest BCUT2D eigenvalue weighted by atomic mass is 32.2. The van der Waals surface area contributed by atoms with Crippen LogP contribution in [0, 0.1) is 0 Å². The molecule has 1 amide bonds. The number of para-hydroxylation sites is 1. The third-order valence-corrected chi connectivity index (χ3v) is 5.92. The number of benzene rings is 3. The predicted molar refractivity (Wildman–Crippen MR) is 124 cm³/mol. The molecule has 5 nitrogen and oxygen atoms in total. The van der Waals surface area contributed by atoms with Gasteiger partial charge in [-0.15, -0.1) is 6.58 Å². The first-order valence-corrected chi connectivity index (χ1v) is 10.6. The topological polar surface area (TPSA) is 55.2 Å². The van der Waals surface area contributed by atoms with Crippen LogP contribution < -0.4 is 10.5 Å². The maximum absolute atomic E-state index is 12.9. The largest absolute Gasteiger partial charge is 0.308 e. The van der Waals surface area contributed by atoms with E-state index in [1.807, 2.05) is 66.7 Å². The lowest BCUT2D eigenvalue weighted by molar-refractivity contribution is -0.116. The predicted octanol–water partition coefficient (Wildman–Crippen LogP) is 4.40. The number of rotatable bonds is 6. The van der Waals surface area contributed by atoms with Gasteiger partial charge in [-0.3, -0.25) is 14.2 Å². The molecule has 0 radical (unpaired) electrons. The Balaban J connectivity index is 1.64. The number of fused-ring (bicyclic) bond motifs is 2. The van der Waals surface area contributed by atoms with Crippen molar-refractivity contribution in [2.75, 3.05) is 17.2 Å². The van der Waals surface area contributed by atoms with E-state index in [-0.39, 0.29) is 17.2 Å². The van der Waals surface area contributed by atoms with Crippen molar-refractivity contribution < 1.29 is 4.79 Å². The second-order valence-electron chi connectivity index (χ2n) is 6.89. The molecule has 0 aliphatic heterocycles. The summed E-state index contributed by atoms with van der Waals surface area (Å²) in [6.07, 6.45) is 1.70. The maximum Gasteiger partial charge on any atom is 0.261 e. The monoisotopic (exact) mass is 415 g/mol. The zero-order valence-electron chi connectivity index (χ0n) is 16.6. The molecule has 0 unspecified atom stereocenters. The maximum atomic E-state index is 12.9. The number of hydrogen-bond donors (Lipinski definition) is 0. The zero-order chi connectivity index (χ0) is 21.1. The van der Waals surface area contributed by atoms with Crippen LogP contribution >= 0.6 is 11.8 Å². The normalized spacial score (nSPS) is 11.0. The highest BCUT2D eigenvalue weighted by molar-refractivity contribution is 7.99. The van der Waals surface area contributed by atoms with E-state index in [1.165, 1.54) is 16.3 Å². The average molecular weight is 416 g/mol. The number of hydrogen-bond acceptors (Lipinski definition) is 4. The first-order valence-electron chi connectivity index (χ1n) is 9.57. The minimum absolute atomic E-state index is 0.0704. The molecule has 1 heterocycles. The standard InChI is InChI=1S/C24H21N3O2S/c1-3-13-27(19-11-5-4-6-12-19)22(28)16-30-24-25-21-15-18-10-8-7-9-17(18)14-20(21)23(29)26(24)2/h3-12,14-15H,1,13,16H2,2H3. The molecule has 0 bridgehead atoms. The van der Waals surface area contributed by atoms with Crippen molar-refractivity contribution in [1.82, 2.24) is 9.55 Å². The molecule has 30 heavy (non-hydrogen) atoms. The number of carbonyl (C=O) groups excluding carboxylic acids is 1. The molecule has 3 aromatic carbocycles. The number of amides is 1. The van der Waals surface area contributed by atoms with Crippen LogP contribution in [-0.2, 0) is 11.8 Å². The van der Waals surface area contributed by atoms with E-state index in [1.54, 1.807) is 18.0 Å². The van der Waals surface area contributed by atoms with Crippen LogP contribution in [0.2, 0.25) is 0 Å². The molecule has 0 aliphatic carbocycles. The first-order chi connectivity index (χ1) is 14.6. The summed E-state index contributed by atoms with van der Waals surface area (Å²) >= 11 is 1.26. The summed E-state index contributed by atoms with van der Waals surface area (Å²) in [6.45, 7) is 4.17. The second kappa shape index (κ2) is 8.55. The van der Waals surface area contributed by atoms with Gasteiger partial charge in [0.1, 0.15) is 0 Å². The summed E-state index contributed by atoms with van der Waals surface area (Å²) in [7, 11) is 1.69. The lowest BCUT2D eigenvalue weighted by Crippen LogP contribution is -2.32. The second-order valence-corrected chi connectivity index (χ2v) is 7.83. The molecule has 0 N–H and O–H groups in total. The van der Waals surface area contributed by atoms with E-state index in [4.69, 9.17) is 0 Å². The quantitative estimate of drug-likeness (QED) is 0.203.